The molecule has 4 nitrogen and oxygen atoms in total. The Morgan fingerprint density at radius 3 is 2.62 bits per heavy atom. The van der Waals surface area contributed by atoms with Crippen molar-refractivity contribution in [1.82, 2.24) is 10.6 Å². The number of hydrogen-bond donors (Lipinski definition) is 2. The monoisotopic (exact) mass is 296 g/mol. The number of ether oxygens (including phenoxy) is 1. The van der Waals surface area contributed by atoms with Crippen molar-refractivity contribution in [3.63, 3.8) is 0 Å². The fourth-order valence-electron chi connectivity index (χ4n) is 3.70. The lowest BCUT2D eigenvalue weighted by atomic mass is 9.69. The Labute approximate surface area is 129 Å². The summed E-state index contributed by atoms with van der Waals surface area (Å²) in [7, 11) is 0. The van der Waals surface area contributed by atoms with Crippen LogP contribution in [0, 0.1) is 17.3 Å². The summed E-state index contributed by atoms with van der Waals surface area (Å²) in [6.45, 7) is 9.79. The van der Waals surface area contributed by atoms with Crippen molar-refractivity contribution in [3.05, 3.63) is 0 Å². The maximum atomic E-state index is 12.0. The number of nitrogens with one attached hydrogen (secondary N) is 2. The Morgan fingerprint density at radius 1 is 1.19 bits per heavy atom. The molecular formula is C17H32N2O2. The highest BCUT2D eigenvalue weighted by Gasteiger charge is 2.33. The first-order valence-corrected chi connectivity index (χ1v) is 8.54. The van der Waals surface area contributed by atoms with Gasteiger partial charge < -0.3 is 15.4 Å². The standard InChI is InChI=1S/C17H32N2O2/c1-17(2,3)14-6-4-5-7-15(14)18-11-16(20)19-10-13-8-9-21-12-13/h13-15,18H,4-12H2,1-3H3,(H,19,20)/t13-,14+,15+/m0/s1. The van der Waals surface area contributed by atoms with Gasteiger partial charge in [-0.15, -0.1) is 0 Å². The summed E-state index contributed by atoms with van der Waals surface area (Å²) in [6.07, 6.45) is 6.16. The molecule has 2 aliphatic rings. The number of hydrogen-bond acceptors (Lipinski definition) is 3. The zero-order chi connectivity index (χ0) is 15.3. The Hall–Kier alpha value is -0.610. The van der Waals surface area contributed by atoms with Gasteiger partial charge in [-0.25, -0.2) is 0 Å². The SMILES string of the molecule is CC(C)(C)[C@@H]1CCCC[C@H]1NCC(=O)NC[C@@H]1CCOC1. The molecule has 1 amide bonds. The van der Waals surface area contributed by atoms with Gasteiger partial charge in [0.15, 0.2) is 0 Å². The number of carbonyl (C=O) groups excluding carboxylic acids is 1. The van der Waals surface area contributed by atoms with E-state index < -0.39 is 0 Å². The quantitative estimate of drug-likeness (QED) is 0.818. The lowest BCUT2D eigenvalue weighted by Crippen LogP contribution is -2.48. The second-order valence-electron chi connectivity index (χ2n) is 7.78. The van der Waals surface area contributed by atoms with E-state index in [1.54, 1.807) is 0 Å². The van der Waals surface area contributed by atoms with Gasteiger partial charge in [-0.1, -0.05) is 33.6 Å². The van der Waals surface area contributed by atoms with E-state index in [1.807, 2.05) is 0 Å². The van der Waals surface area contributed by atoms with Crippen LogP contribution < -0.4 is 10.6 Å². The minimum absolute atomic E-state index is 0.125. The third kappa shape index (κ3) is 5.26. The average molecular weight is 296 g/mol. The van der Waals surface area contributed by atoms with E-state index in [-0.39, 0.29) is 5.91 Å². The molecule has 1 heterocycles. The summed E-state index contributed by atoms with van der Waals surface area (Å²) in [5.74, 6) is 1.30. The van der Waals surface area contributed by atoms with Gasteiger partial charge in [0.1, 0.15) is 0 Å². The topological polar surface area (TPSA) is 50.4 Å². The molecule has 122 valence electrons. The molecule has 21 heavy (non-hydrogen) atoms. The molecule has 1 aliphatic heterocycles. The van der Waals surface area contributed by atoms with Crippen LogP contribution in [0.25, 0.3) is 0 Å². The molecule has 0 aromatic rings. The van der Waals surface area contributed by atoms with Crippen LogP contribution in [0.3, 0.4) is 0 Å². The first-order chi connectivity index (χ1) is 9.97. The zero-order valence-corrected chi connectivity index (χ0v) is 13.9. The fraction of sp³-hybridized carbons (Fsp3) is 0.941. The summed E-state index contributed by atoms with van der Waals surface area (Å²) in [4.78, 5) is 12.0. The van der Waals surface area contributed by atoms with Crippen molar-refractivity contribution in [1.29, 1.82) is 0 Å². The van der Waals surface area contributed by atoms with Crippen molar-refractivity contribution in [2.45, 2.75) is 58.9 Å². The van der Waals surface area contributed by atoms with Gasteiger partial charge in [0.25, 0.3) is 0 Å². The number of amides is 1. The zero-order valence-electron chi connectivity index (χ0n) is 13.9. The highest BCUT2D eigenvalue weighted by atomic mass is 16.5. The molecule has 0 spiro atoms. The van der Waals surface area contributed by atoms with E-state index in [2.05, 4.69) is 31.4 Å². The molecule has 3 atom stereocenters. The molecule has 0 radical (unpaired) electrons. The largest absolute Gasteiger partial charge is 0.381 e. The van der Waals surface area contributed by atoms with Crippen LogP contribution >= 0.6 is 0 Å². The van der Waals surface area contributed by atoms with Gasteiger partial charge >= 0.3 is 0 Å². The maximum absolute atomic E-state index is 12.0. The number of carbonyl (C=O) groups is 1. The third-order valence-electron chi connectivity index (χ3n) is 5.02. The third-order valence-corrected chi connectivity index (χ3v) is 5.02. The highest BCUT2D eigenvalue weighted by Crippen LogP contribution is 2.37. The van der Waals surface area contributed by atoms with Gasteiger partial charge in [0.05, 0.1) is 13.2 Å². The second kappa shape index (κ2) is 7.59. The minimum atomic E-state index is 0.125. The Kier molecular flexibility index (Phi) is 6.06. The molecule has 0 unspecified atom stereocenters. The Morgan fingerprint density at radius 2 is 1.95 bits per heavy atom. The van der Waals surface area contributed by atoms with E-state index >= 15 is 0 Å². The smallest absolute Gasteiger partial charge is 0.233 e. The summed E-state index contributed by atoms with van der Waals surface area (Å²) in [5.41, 5.74) is 0.315. The molecule has 1 saturated carbocycles. The van der Waals surface area contributed by atoms with Crippen molar-refractivity contribution in [3.8, 4) is 0 Å². The molecule has 0 aromatic carbocycles. The van der Waals surface area contributed by atoms with Crippen molar-refractivity contribution >= 4 is 5.91 Å². The number of rotatable bonds is 5. The summed E-state index contributed by atoms with van der Waals surface area (Å²) in [6, 6.07) is 0.485. The van der Waals surface area contributed by atoms with Gasteiger partial charge in [0.2, 0.25) is 5.91 Å². The molecule has 0 aromatic heterocycles. The summed E-state index contributed by atoms with van der Waals surface area (Å²) < 4.78 is 5.33. The van der Waals surface area contributed by atoms with Crippen LogP contribution in [0.15, 0.2) is 0 Å². The van der Waals surface area contributed by atoms with Crippen molar-refractivity contribution in [2.24, 2.45) is 17.3 Å². The lowest BCUT2D eigenvalue weighted by Gasteiger charge is -2.41. The average Bonchev–Trinajstić information content (AvgIpc) is 2.95. The molecule has 4 heteroatoms. The van der Waals surface area contributed by atoms with E-state index in [9.17, 15) is 4.79 Å². The Bertz CT molecular complexity index is 332. The van der Waals surface area contributed by atoms with E-state index in [0.717, 1.165) is 26.2 Å². The molecule has 2 N–H and O–H groups in total. The van der Waals surface area contributed by atoms with Crippen LogP contribution in [0.5, 0.6) is 0 Å². The second-order valence-corrected chi connectivity index (χ2v) is 7.78. The first-order valence-electron chi connectivity index (χ1n) is 8.54. The highest BCUT2D eigenvalue weighted by molar-refractivity contribution is 5.78. The van der Waals surface area contributed by atoms with Gasteiger partial charge in [-0.3, -0.25) is 4.79 Å². The van der Waals surface area contributed by atoms with Crippen LogP contribution in [-0.2, 0) is 9.53 Å². The van der Waals surface area contributed by atoms with Crippen molar-refractivity contribution < 1.29 is 9.53 Å². The molecule has 2 rings (SSSR count). The van der Waals surface area contributed by atoms with E-state index in [1.165, 1.54) is 25.7 Å². The molecule has 1 aliphatic carbocycles. The van der Waals surface area contributed by atoms with E-state index in [0.29, 0.717) is 29.8 Å². The van der Waals surface area contributed by atoms with Crippen LogP contribution in [0.4, 0.5) is 0 Å². The van der Waals surface area contributed by atoms with Gasteiger partial charge in [0, 0.05) is 25.1 Å². The summed E-state index contributed by atoms with van der Waals surface area (Å²) >= 11 is 0. The van der Waals surface area contributed by atoms with Gasteiger partial charge in [-0.2, -0.15) is 0 Å². The van der Waals surface area contributed by atoms with Crippen LogP contribution in [-0.4, -0.2) is 38.3 Å². The molecule has 1 saturated heterocycles. The fourth-order valence-corrected chi connectivity index (χ4v) is 3.70. The minimum Gasteiger partial charge on any atom is -0.381 e. The van der Waals surface area contributed by atoms with Gasteiger partial charge in [-0.05, 0) is 30.6 Å². The lowest BCUT2D eigenvalue weighted by molar-refractivity contribution is -0.120. The maximum Gasteiger partial charge on any atom is 0.233 e. The van der Waals surface area contributed by atoms with Crippen LogP contribution in [0.1, 0.15) is 52.9 Å². The molecule has 0 bridgehead atoms. The first kappa shape index (κ1) is 16.8. The van der Waals surface area contributed by atoms with E-state index in [4.69, 9.17) is 4.74 Å². The molecular weight excluding hydrogens is 264 g/mol. The van der Waals surface area contributed by atoms with Crippen LogP contribution in [0.2, 0.25) is 0 Å². The van der Waals surface area contributed by atoms with Crippen molar-refractivity contribution in [2.75, 3.05) is 26.3 Å². The normalized spacial score (nSPS) is 30.3. The Balaban J connectivity index is 1.71. The predicted octanol–water partition coefficient (Wildman–Crippen LogP) is 2.33. The molecule has 2 fully saturated rings. The predicted molar refractivity (Wildman–Crippen MR) is 85.1 cm³/mol. The summed E-state index contributed by atoms with van der Waals surface area (Å²) in [5, 5.41) is 6.55.